The predicted molar refractivity (Wildman–Crippen MR) is 72.7 cm³/mol. The molecule has 0 saturated carbocycles. The first-order valence-corrected chi connectivity index (χ1v) is 6.18. The van der Waals surface area contributed by atoms with Gasteiger partial charge in [0, 0.05) is 11.5 Å². The zero-order valence-electron chi connectivity index (χ0n) is 11.2. The van der Waals surface area contributed by atoms with E-state index in [2.05, 4.69) is 0 Å². The molecule has 0 atom stereocenters. The fourth-order valence-electron chi connectivity index (χ4n) is 2.12. The van der Waals surface area contributed by atoms with Crippen molar-refractivity contribution in [2.45, 2.75) is 34.1 Å². The van der Waals surface area contributed by atoms with Gasteiger partial charge in [-0.05, 0) is 42.0 Å². The molecule has 2 rings (SSSR count). The van der Waals surface area contributed by atoms with Crippen LogP contribution in [0.3, 0.4) is 0 Å². The first-order valence-electron chi connectivity index (χ1n) is 6.18. The van der Waals surface area contributed by atoms with E-state index in [-0.39, 0.29) is 11.5 Å². The third kappa shape index (κ3) is 2.40. The van der Waals surface area contributed by atoms with Crippen LogP contribution >= 0.6 is 0 Å². The van der Waals surface area contributed by atoms with Crippen molar-refractivity contribution in [3.05, 3.63) is 35.1 Å². The molecular weight excluding hydrogens is 231 g/mol. The molecule has 18 heavy (non-hydrogen) atoms. The highest BCUT2D eigenvalue weighted by Gasteiger charge is 2.13. The lowest BCUT2D eigenvalue weighted by Crippen LogP contribution is -1.93. The number of benzene rings is 2. The molecule has 0 unspecified atom stereocenters. The van der Waals surface area contributed by atoms with Gasteiger partial charge in [-0.15, -0.1) is 0 Å². The first-order chi connectivity index (χ1) is 8.54. The molecular formula is C15H19FO2. The molecule has 2 N–H and O–H groups in total. The van der Waals surface area contributed by atoms with Crippen LogP contribution < -0.4 is 0 Å². The van der Waals surface area contributed by atoms with E-state index in [9.17, 15) is 14.6 Å². The van der Waals surface area contributed by atoms with Gasteiger partial charge in [-0.3, -0.25) is 0 Å². The Hall–Kier alpha value is -1.77. The van der Waals surface area contributed by atoms with Gasteiger partial charge >= 0.3 is 0 Å². The molecule has 0 aromatic heterocycles. The van der Waals surface area contributed by atoms with Gasteiger partial charge in [-0.1, -0.05) is 20.8 Å². The summed E-state index contributed by atoms with van der Waals surface area (Å²) in [5.74, 6) is -0.459. The minimum Gasteiger partial charge on any atom is -0.508 e. The van der Waals surface area contributed by atoms with Crippen LogP contribution in [-0.4, -0.2) is 10.2 Å². The standard InChI is InChI=1S/C13H13FO2.C2H6/c1-3-9-11(14)6-12(16)10-5-8(15)4-7(2)13(9)10;1-2/h4-6,15-16H,3H2,1-2H3;1-2H3. The number of hydrogen-bond acceptors (Lipinski definition) is 2. The van der Waals surface area contributed by atoms with Crippen molar-refractivity contribution in [1.29, 1.82) is 0 Å². The molecule has 0 aliphatic carbocycles. The van der Waals surface area contributed by atoms with Crippen LogP contribution in [0, 0.1) is 12.7 Å². The Bertz CT molecular complexity index is 562. The number of phenols is 2. The second kappa shape index (κ2) is 5.71. The summed E-state index contributed by atoms with van der Waals surface area (Å²) in [5, 5.41) is 20.3. The summed E-state index contributed by atoms with van der Waals surface area (Å²) in [6.45, 7) is 7.65. The van der Waals surface area contributed by atoms with Crippen LogP contribution in [0.5, 0.6) is 11.5 Å². The molecule has 2 nitrogen and oxygen atoms in total. The Balaban J connectivity index is 0.000000771. The highest BCUT2D eigenvalue weighted by Crippen LogP contribution is 2.35. The summed E-state index contributed by atoms with van der Waals surface area (Å²) < 4.78 is 13.6. The highest BCUT2D eigenvalue weighted by molar-refractivity contribution is 5.94. The Kier molecular flexibility index (Phi) is 4.54. The van der Waals surface area contributed by atoms with Gasteiger partial charge in [0.05, 0.1) is 0 Å². The molecule has 2 aromatic carbocycles. The van der Waals surface area contributed by atoms with Crippen LogP contribution in [-0.2, 0) is 6.42 Å². The molecule has 0 aliphatic rings. The Morgan fingerprint density at radius 2 is 1.72 bits per heavy atom. The maximum Gasteiger partial charge on any atom is 0.130 e. The SMILES string of the molecule is CC.CCc1c(F)cc(O)c2cc(O)cc(C)c12. The summed E-state index contributed by atoms with van der Waals surface area (Å²) in [5.41, 5.74) is 1.34. The predicted octanol–water partition coefficient (Wildman–Crippen LogP) is 4.29. The topological polar surface area (TPSA) is 40.5 Å². The third-order valence-electron chi connectivity index (χ3n) is 2.80. The zero-order valence-corrected chi connectivity index (χ0v) is 11.2. The quantitative estimate of drug-likeness (QED) is 0.792. The molecule has 3 heteroatoms. The van der Waals surface area contributed by atoms with E-state index in [0.29, 0.717) is 22.8 Å². The van der Waals surface area contributed by atoms with E-state index in [0.717, 1.165) is 11.6 Å². The minimum atomic E-state index is -0.402. The molecule has 0 bridgehead atoms. The monoisotopic (exact) mass is 250 g/mol. The Morgan fingerprint density at radius 1 is 1.11 bits per heavy atom. The normalized spacial score (nSPS) is 10.1. The lowest BCUT2D eigenvalue weighted by molar-refractivity contribution is 0.468. The Labute approximate surface area is 107 Å². The molecule has 0 fully saturated rings. The molecule has 2 aromatic rings. The molecule has 0 heterocycles. The van der Waals surface area contributed by atoms with Crippen LogP contribution in [0.1, 0.15) is 31.9 Å². The summed E-state index contributed by atoms with van der Waals surface area (Å²) >= 11 is 0. The number of aryl methyl sites for hydroxylation is 2. The second-order valence-corrected chi connectivity index (χ2v) is 3.89. The van der Waals surface area contributed by atoms with Crippen molar-refractivity contribution in [1.82, 2.24) is 0 Å². The molecule has 0 spiro atoms. The molecule has 0 radical (unpaired) electrons. The van der Waals surface area contributed by atoms with E-state index < -0.39 is 5.82 Å². The van der Waals surface area contributed by atoms with E-state index in [1.807, 2.05) is 20.8 Å². The van der Waals surface area contributed by atoms with Crippen molar-refractivity contribution in [2.24, 2.45) is 0 Å². The van der Waals surface area contributed by atoms with E-state index >= 15 is 0 Å². The van der Waals surface area contributed by atoms with Gasteiger partial charge in [-0.25, -0.2) is 4.39 Å². The number of phenolic OH excluding ortho intramolecular Hbond substituents is 2. The number of aromatic hydroxyl groups is 2. The van der Waals surface area contributed by atoms with Gasteiger partial charge in [-0.2, -0.15) is 0 Å². The minimum absolute atomic E-state index is 0.0777. The van der Waals surface area contributed by atoms with Gasteiger partial charge in [0.15, 0.2) is 0 Å². The van der Waals surface area contributed by atoms with Crippen LogP contribution in [0.25, 0.3) is 10.8 Å². The van der Waals surface area contributed by atoms with Crippen molar-refractivity contribution < 1.29 is 14.6 Å². The van der Waals surface area contributed by atoms with E-state index in [1.165, 1.54) is 6.07 Å². The number of rotatable bonds is 1. The molecule has 0 amide bonds. The van der Waals surface area contributed by atoms with Gasteiger partial charge in [0.25, 0.3) is 0 Å². The zero-order chi connectivity index (χ0) is 13.9. The lowest BCUT2D eigenvalue weighted by Gasteiger charge is -2.11. The van der Waals surface area contributed by atoms with E-state index in [1.54, 1.807) is 13.0 Å². The third-order valence-corrected chi connectivity index (χ3v) is 2.80. The van der Waals surface area contributed by atoms with Gasteiger partial charge in [0.1, 0.15) is 17.3 Å². The smallest absolute Gasteiger partial charge is 0.130 e. The van der Waals surface area contributed by atoms with Crippen LogP contribution in [0.2, 0.25) is 0 Å². The molecule has 0 aliphatic heterocycles. The fraction of sp³-hybridized carbons (Fsp3) is 0.333. The van der Waals surface area contributed by atoms with E-state index in [4.69, 9.17) is 0 Å². The lowest BCUT2D eigenvalue weighted by atomic mass is 9.97. The van der Waals surface area contributed by atoms with Crippen molar-refractivity contribution in [3.63, 3.8) is 0 Å². The van der Waals surface area contributed by atoms with Crippen LogP contribution in [0.4, 0.5) is 4.39 Å². The van der Waals surface area contributed by atoms with Crippen molar-refractivity contribution >= 4 is 10.8 Å². The summed E-state index contributed by atoms with van der Waals surface area (Å²) in [7, 11) is 0. The average Bonchev–Trinajstić information content (AvgIpc) is 2.33. The summed E-state index contributed by atoms with van der Waals surface area (Å²) in [6.07, 6.45) is 0.550. The second-order valence-electron chi connectivity index (χ2n) is 3.89. The highest BCUT2D eigenvalue weighted by atomic mass is 19.1. The number of halogens is 1. The number of hydrogen-bond donors (Lipinski definition) is 2. The van der Waals surface area contributed by atoms with Gasteiger partial charge in [0.2, 0.25) is 0 Å². The first kappa shape index (κ1) is 14.3. The van der Waals surface area contributed by atoms with Crippen molar-refractivity contribution in [3.8, 4) is 11.5 Å². The molecule has 0 saturated heterocycles. The maximum atomic E-state index is 13.6. The number of fused-ring (bicyclic) bond motifs is 1. The van der Waals surface area contributed by atoms with Crippen LogP contribution in [0.15, 0.2) is 18.2 Å². The summed E-state index contributed by atoms with van der Waals surface area (Å²) in [6, 6.07) is 4.12. The molecule has 98 valence electrons. The Morgan fingerprint density at radius 3 is 2.28 bits per heavy atom. The largest absolute Gasteiger partial charge is 0.508 e. The fourth-order valence-corrected chi connectivity index (χ4v) is 2.12. The van der Waals surface area contributed by atoms with Crippen molar-refractivity contribution in [2.75, 3.05) is 0 Å². The average molecular weight is 250 g/mol. The maximum absolute atomic E-state index is 13.6. The summed E-state index contributed by atoms with van der Waals surface area (Å²) in [4.78, 5) is 0. The van der Waals surface area contributed by atoms with Gasteiger partial charge < -0.3 is 10.2 Å².